The fraction of sp³-hybridized carbons (Fsp3) is 0.182. The Morgan fingerprint density at radius 2 is 2.18 bits per heavy atom. The van der Waals surface area contributed by atoms with Gasteiger partial charge in [0.25, 0.3) is 0 Å². The van der Waals surface area contributed by atoms with E-state index in [-0.39, 0.29) is 11.7 Å². The van der Waals surface area contributed by atoms with Gasteiger partial charge in [-0.1, -0.05) is 0 Å². The number of carbonyl (C=O) groups is 1. The molecule has 0 fully saturated rings. The van der Waals surface area contributed by atoms with E-state index >= 15 is 0 Å². The summed E-state index contributed by atoms with van der Waals surface area (Å²) in [6.45, 7) is 3.33. The lowest BCUT2D eigenvalue weighted by atomic mass is 10.1. The molecule has 6 heteroatoms. The number of benzene rings is 1. The molecule has 0 atom stereocenters. The topological polar surface area (TPSA) is 106 Å². The van der Waals surface area contributed by atoms with E-state index in [1.807, 2.05) is 13.0 Å². The lowest BCUT2D eigenvalue weighted by Gasteiger charge is -2.08. The molecule has 0 heterocycles. The van der Waals surface area contributed by atoms with E-state index in [2.05, 4.69) is 15.5 Å². The molecule has 0 bridgehead atoms. The maximum Gasteiger partial charge on any atom is 0.221 e. The summed E-state index contributed by atoms with van der Waals surface area (Å²) in [5.74, 6) is 0.152. The monoisotopic (exact) mass is 233 g/mol. The van der Waals surface area contributed by atoms with Gasteiger partial charge in [-0.05, 0) is 30.7 Å². The number of nitrogens with zero attached hydrogens (tertiary/aromatic N) is 2. The molecule has 0 aromatic heterocycles. The Hall–Kier alpha value is -2.37. The molecular formula is C11H15N5O. The number of anilines is 1. The lowest BCUT2D eigenvalue weighted by molar-refractivity contribution is -0.114. The normalized spacial score (nSPS) is 11.8. The maximum atomic E-state index is 10.9. The number of nitrogens with two attached hydrogens (primary N) is 2. The van der Waals surface area contributed by atoms with Crippen LogP contribution in [0.4, 0.5) is 5.69 Å². The molecule has 0 radical (unpaired) electrons. The predicted octanol–water partition coefficient (Wildman–Crippen LogP) is 0.561. The van der Waals surface area contributed by atoms with Gasteiger partial charge in [-0.3, -0.25) is 4.79 Å². The minimum Gasteiger partial charge on any atom is -0.388 e. The highest BCUT2D eigenvalue weighted by Crippen LogP contribution is 2.16. The average Bonchev–Trinajstić information content (AvgIpc) is 2.28. The first kappa shape index (κ1) is 12.7. The third kappa shape index (κ3) is 3.60. The second kappa shape index (κ2) is 5.64. The van der Waals surface area contributed by atoms with Crippen molar-refractivity contribution < 1.29 is 4.79 Å². The quantitative estimate of drug-likeness (QED) is 0.403. The van der Waals surface area contributed by atoms with Gasteiger partial charge in [-0.25, -0.2) is 0 Å². The van der Waals surface area contributed by atoms with Crippen molar-refractivity contribution in [3.05, 3.63) is 29.3 Å². The molecular weight excluding hydrogens is 218 g/mol. The highest BCUT2D eigenvalue weighted by molar-refractivity contribution is 5.98. The van der Waals surface area contributed by atoms with Crippen molar-refractivity contribution in [2.24, 2.45) is 21.7 Å². The summed E-state index contributed by atoms with van der Waals surface area (Å²) in [6, 6.07) is 5.33. The fourth-order valence-electron chi connectivity index (χ4n) is 1.31. The van der Waals surface area contributed by atoms with Crippen molar-refractivity contribution in [1.29, 1.82) is 0 Å². The Bertz CT molecular complexity index is 479. The zero-order valence-corrected chi connectivity index (χ0v) is 9.77. The molecule has 1 rings (SSSR count). The molecule has 0 spiro atoms. The van der Waals surface area contributed by atoms with Crippen LogP contribution in [0.15, 0.2) is 28.4 Å². The summed E-state index contributed by atoms with van der Waals surface area (Å²) in [5, 5.41) is 9.90. The van der Waals surface area contributed by atoms with Crippen LogP contribution in [0, 0.1) is 6.92 Å². The Morgan fingerprint density at radius 3 is 2.71 bits per heavy atom. The van der Waals surface area contributed by atoms with E-state index in [0.717, 1.165) is 23.2 Å². The molecule has 1 aromatic carbocycles. The van der Waals surface area contributed by atoms with Gasteiger partial charge in [-0.15, -0.1) is 10.2 Å². The molecule has 0 saturated carbocycles. The minimum atomic E-state index is -0.116. The zero-order chi connectivity index (χ0) is 12.8. The summed E-state index contributed by atoms with van der Waals surface area (Å²) in [5.41, 5.74) is 13.1. The molecule has 17 heavy (non-hydrogen) atoms. The third-order valence-corrected chi connectivity index (χ3v) is 2.07. The van der Waals surface area contributed by atoms with E-state index in [0.29, 0.717) is 0 Å². The van der Waals surface area contributed by atoms with Crippen LogP contribution >= 0.6 is 0 Å². The number of hydrogen-bond donors (Lipinski definition) is 3. The molecule has 90 valence electrons. The Balaban J connectivity index is 3.00. The standard InChI is InChI=1S/C11H15N5O/c1-7-5-9(11(13)16-14-6-12)3-4-10(7)15-8(2)17/h3-6H,1-2H3,(H2,12,14)(H2,13,16)(H,15,17). The van der Waals surface area contributed by atoms with Crippen LogP contribution in [0.5, 0.6) is 0 Å². The number of aryl methyl sites for hydroxylation is 1. The number of amidine groups is 1. The van der Waals surface area contributed by atoms with Crippen molar-refractivity contribution >= 4 is 23.8 Å². The van der Waals surface area contributed by atoms with Crippen LogP contribution in [0.3, 0.4) is 0 Å². The molecule has 0 aliphatic heterocycles. The first-order valence-electron chi connectivity index (χ1n) is 5.00. The second-order valence-corrected chi connectivity index (χ2v) is 3.46. The number of hydrogen-bond acceptors (Lipinski definition) is 3. The van der Waals surface area contributed by atoms with Crippen molar-refractivity contribution in [3.8, 4) is 0 Å². The molecule has 0 saturated heterocycles. The van der Waals surface area contributed by atoms with Crippen molar-refractivity contribution in [3.63, 3.8) is 0 Å². The molecule has 5 N–H and O–H groups in total. The highest BCUT2D eigenvalue weighted by Gasteiger charge is 2.04. The van der Waals surface area contributed by atoms with E-state index in [1.54, 1.807) is 12.1 Å². The third-order valence-electron chi connectivity index (χ3n) is 2.07. The van der Waals surface area contributed by atoms with Crippen molar-refractivity contribution in [1.82, 2.24) is 0 Å². The smallest absolute Gasteiger partial charge is 0.221 e. The number of carbonyl (C=O) groups excluding carboxylic acids is 1. The summed E-state index contributed by atoms with van der Waals surface area (Å²) in [6.07, 6.45) is 1.06. The predicted molar refractivity (Wildman–Crippen MR) is 68.9 cm³/mol. The van der Waals surface area contributed by atoms with Gasteiger partial charge in [0, 0.05) is 18.2 Å². The van der Waals surface area contributed by atoms with Crippen molar-refractivity contribution in [2.75, 3.05) is 5.32 Å². The molecule has 1 amide bonds. The first-order valence-corrected chi connectivity index (χ1v) is 5.00. The highest BCUT2D eigenvalue weighted by atomic mass is 16.1. The van der Waals surface area contributed by atoms with Gasteiger partial charge in [0.2, 0.25) is 5.91 Å². The summed E-state index contributed by atoms with van der Waals surface area (Å²) >= 11 is 0. The van der Waals surface area contributed by atoms with Crippen molar-refractivity contribution in [2.45, 2.75) is 13.8 Å². The zero-order valence-electron chi connectivity index (χ0n) is 9.77. The largest absolute Gasteiger partial charge is 0.388 e. The summed E-state index contributed by atoms with van der Waals surface area (Å²) in [7, 11) is 0. The van der Waals surface area contributed by atoms with E-state index < -0.39 is 0 Å². The number of rotatable bonds is 3. The van der Waals surface area contributed by atoms with Crippen LogP contribution in [0.1, 0.15) is 18.1 Å². The molecule has 1 aromatic rings. The Kier molecular flexibility index (Phi) is 4.21. The van der Waals surface area contributed by atoms with Gasteiger partial charge in [0.1, 0.15) is 6.34 Å². The van der Waals surface area contributed by atoms with Gasteiger partial charge in [0.05, 0.1) is 0 Å². The minimum absolute atomic E-state index is 0.116. The fourth-order valence-corrected chi connectivity index (χ4v) is 1.31. The lowest BCUT2D eigenvalue weighted by Crippen LogP contribution is -2.14. The van der Waals surface area contributed by atoms with Gasteiger partial charge in [-0.2, -0.15) is 0 Å². The number of nitrogens with one attached hydrogen (secondary N) is 1. The molecule has 0 unspecified atom stereocenters. The number of amides is 1. The first-order chi connectivity index (χ1) is 8.04. The van der Waals surface area contributed by atoms with Gasteiger partial charge >= 0.3 is 0 Å². The molecule has 6 nitrogen and oxygen atoms in total. The van der Waals surface area contributed by atoms with Crippen LogP contribution in [0.2, 0.25) is 0 Å². The van der Waals surface area contributed by atoms with Crippen LogP contribution in [-0.2, 0) is 4.79 Å². The van der Waals surface area contributed by atoms with Gasteiger partial charge in [0.15, 0.2) is 5.84 Å². The van der Waals surface area contributed by atoms with E-state index in [1.165, 1.54) is 6.92 Å². The summed E-state index contributed by atoms with van der Waals surface area (Å²) in [4.78, 5) is 10.9. The van der Waals surface area contributed by atoms with Gasteiger partial charge < -0.3 is 16.8 Å². The SMILES string of the molecule is CC(=O)Nc1ccc(/C(N)=N/N=C\N)cc1C. The van der Waals surface area contributed by atoms with Crippen LogP contribution in [-0.4, -0.2) is 18.1 Å². The Morgan fingerprint density at radius 1 is 1.47 bits per heavy atom. The van der Waals surface area contributed by atoms with Crippen LogP contribution in [0.25, 0.3) is 0 Å². The molecule has 0 aliphatic carbocycles. The average molecular weight is 233 g/mol. The van der Waals surface area contributed by atoms with Crippen LogP contribution < -0.4 is 16.8 Å². The van der Waals surface area contributed by atoms with E-state index in [4.69, 9.17) is 11.5 Å². The second-order valence-electron chi connectivity index (χ2n) is 3.46. The Labute approximate surface area is 99.4 Å². The summed E-state index contributed by atoms with van der Waals surface area (Å²) < 4.78 is 0. The van der Waals surface area contributed by atoms with E-state index in [9.17, 15) is 4.79 Å². The maximum absolute atomic E-state index is 10.9. The molecule has 0 aliphatic rings.